The number of methoxy groups -OCH3 is 2. The quantitative estimate of drug-likeness (QED) is 0.0303. The van der Waals surface area contributed by atoms with E-state index < -0.39 is 11.6 Å². The van der Waals surface area contributed by atoms with Gasteiger partial charge < -0.3 is 61.4 Å². The molecule has 4 aromatic carbocycles. The monoisotopic (exact) mass is 1390 g/mol. The first-order valence-electron chi connectivity index (χ1n) is 36.3. The minimum absolute atomic E-state index is 0.0250. The zero-order valence-electron chi connectivity index (χ0n) is 59.7. The van der Waals surface area contributed by atoms with E-state index in [0.29, 0.717) is 5.95 Å². The van der Waals surface area contributed by atoms with E-state index in [0.717, 1.165) is 135 Å². The molecule has 7 N–H and O–H groups in total. The van der Waals surface area contributed by atoms with Gasteiger partial charge in [0, 0.05) is 87.2 Å². The van der Waals surface area contributed by atoms with Crippen LogP contribution < -0.4 is 51.6 Å². The number of carbonyl (C=O) groups excluding carboxylic acids is 2. The number of rotatable bonds is 16. The Balaban J connectivity index is 0.000000140. The number of halogens is 3. The average molecular weight is 1400 g/mol. The van der Waals surface area contributed by atoms with E-state index >= 15 is 4.39 Å². The Morgan fingerprint density at radius 1 is 0.535 bits per heavy atom. The largest absolute Gasteiger partial charge is 0.497 e. The molecule has 2 amide bonds. The second-order valence-electron chi connectivity index (χ2n) is 29.2. The van der Waals surface area contributed by atoms with Crippen LogP contribution in [0.3, 0.4) is 0 Å². The lowest BCUT2D eigenvalue weighted by Gasteiger charge is -2.35. The molecule has 0 unspecified atom stereocenters. The predicted molar refractivity (Wildman–Crippen MR) is 401 cm³/mol. The first-order chi connectivity index (χ1) is 48.8. The van der Waals surface area contributed by atoms with Crippen molar-refractivity contribution in [1.82, 2.24) is 40.4 Å². The highest BCUT2D eigenvalue weighted by Crippen LogP contribution is 2.47. The van der Waals surface area contributed by atoms with Gasteiger partial charge in [0.2, 0.25) is 23.0 Å². The molecule has 10 aliphatic rings. The zero-order chi connectivity index (χ0) is 70.8. The number of nitrogens with two attached hydrogens (primary N) is 1. The first-order valence-corrected chi connectivity index (χ1v) is 36.7. The van der Waals surface area contributed by atoms with Crippen LogP contribution in [0, 0.1) is 84.7 Å². The molecule has 6 aromatic rings. The average Bonchev–Trinajstić information content (AvgIpc) is 1.63. The van der Waals surface area contributed by atoms with Crippen molar-refractivity contribution in [3.05, 3.63) is 185 Å². The lowest BCUT2D eigenvalue weighted by Crippen LogP contribution is -2.44. The van der Waals surface area contributed by atoms with Crippen LogP contribution >= 0.6 is 11.6 Å². The van der Waals surface area contributed by atoms with Crippen molar-refractivity contribution in [1.29, 1.82) is 0 Å². The molecule has 8 aliphatic carbocycles. The number of hydrogen-bond acceptors (Lipinski definition) is 16. The Bertz CT molecular complexity index is 3880. The third-order valence-electron chi connectivity index (χ3n) is 22.2. The van der Waals surface area contributed by atoms with Crippen molar-refractivity contribution in [3.8, 4) is 11.5 Å². The zero-order valence-corrected chi connectivity index (χ0v) is 60.4. The van der Waals surface area contributed by atoms with Gasteiger partial charge in [-0.25, -0.2) is 18.7 Å². The number of nitrogen functional groups attached to an aromatic ring is 1. The Morgan fingerprint density at radius 3 is 1.36 bits per heavy atom. The Morgan fingerprint density at radius 2 is 0.950 bits per heavy atom. The van der Waals surface area contributed by atoms with Crippen LogP contribution in [0.1, 0.15) is 99.6 Å². The topological polar surface area (TPSA) is 203 Å². The van der Waals surface area contributed by atoms with E-state index in [1.54, 1.807) is 14.2 Å². The normalized spacial score (nSPS) is 26.5. The van der Waals surface area contributed by atoms with Gasteiger partial charge in [0.25, 0.3) is 0 Å². The maximum absolute atomic E-state index is 15.0. The van der Waals surface area contributed by atoms with E-state index in [2.05, 4.69) is 161 Å². The van der Waals surface area contributed by atoms with Gasteiger partial charge in [0.15, 0.2) is 23.3 Å². The molecule has 4 heterocycles. The number of hydrogen-bond donors (Lipinski definition) is 6. The minimum Gasteiger partial charge on any atom is -0.497 e. The number of nitrogens with one attached hydrogen (secondary N) is 5. The fourth-order valence-electron chi connectivity index (χ4n) is 16.4. The van der Waals surface area contributed by atoms with Gasteiger partial charge in [0.05, 0.1) is 50.5 Å². The number of nitrogens with zero attached hydrogens (tertiary/aromatic N) is 8. The second-order valence-corrected chi connectivity index (χ2v) is 29.5. The maximum Gasteiger partial charge on any atom is 0.229 e. The number of piperazine rings is 2. The summed E-state index contributed by atoms with van der Waals surface area (Å²) in [5, 5.41) is 15.9. The molecule has 101 heavy (non-hydrogen) atoms. The molecule has 16 rings (SSSR count). The van der Waals surface area contributed by atoms with Gasteiger partial charge in [-0.1, -0.05) is 72.9 Å². The number of fused-ring (bicyclic) bond motifs is 8. The van der Waals surface area contributed by atoms with Crippen LogP contribution in [0.5, 0.6) is 11.5 Å². The lowest BCUT2D eigenvalue weighted by atomic mass is 9.87. The highest BCUT2D eigenvalue weighted by Gasteiger charge is 2.50. The molecule has 536 valence electrons. The molecule has 14 atom stereocenters. The molecule has 6 fully saturated rings. The summed E-state index contributed by atoms with van der Waals surface area (Å²) in [5.74, 6) is 4.44. The molecule has 0 radical (unpaired) electrons. The maximum atomic E-state index is 15.0. The SMILES string of the molecule is C1=C[C@H]2CC[C@@H]1C2.C1=C[C@H]2CC[C@@H]1C2.COc1ccc([C@@H](C)NC(=O)[C@@H]2[C@H](Nc3nc(Cl)ncc3F)[C@H]3C=C[C@@H]2C3)cc1.COc1ccc([C@@H](C)NC(=O)[C@@H]2[C@H](Nc3nc(Nc4ccc(N5CCN(C)CC5)c(C)c4)ncc3F)[C@H]3C=C[C@@H]2C3)cc1.Cc1cc(N)ccc1N1CCN(C)CC1. The van der Waals surface area contributed by atoms with Gasteiger partial charge >= 0.3 is 0 Å². The van der Waals surface area contributed by atoms with Crippen molar-refractivity contribution in [2.45, 2.75) is 103 Å². The molecule has 4 saturated carbocycles. The van der Waals surface area contributed by atoms with Crippen LogP contribution in [0.15, 0.2) is 146 Å². The summed E-state index contributed by atoms with van der Waals surface area (Å²) in [7, 11) is 7.57. The van der Waals surface area contributed by atoms with Crippen molar-refractivity contribution >= 4 is 63.7 Å². The standard InChI is InChI=1S/C33H40FN7O2.C21H22ClFN4O2.C12H19N3.2C7H10/c1-20-17-25(9-12-28(20)41-15-13-40(3)14-16-41)37-33-35-19-27(34)31(39-33)38-30-24-6-5-23(18-24)29(30)32(42)36-21(2)22-7-10-26(43-4)11-8-22;1-11(12-5-7-15(29-2)8-6-12)25-20(28)17-13-3-4-14(9-13)18(17)26-19-16(23)10-24-21(22)27-19;1-10-9-11(13)3-4-12(10)15-7-5-14(2)6-8-15;2*1-2-7-4-3-6(1)5-7/h5-12,17,19,21,23-24,29-30H,13-16,18H2,1-4H3,(H,36,42)(H2,35,37,38,39);3-8,10-11,13-14,17-18H,9H2,1-2H3,(H,25,28)(H,24,26,27);3-4,9H,5-8,13H2,1-2H3;2*1-2,6-7H,3-5H2/t21-,23-,24+,29+,30-;11-,13-,14+,17+,18-;;2*6-,7+/m11.../s1. The minimum atomic E-state index is -0.591. The van der Waals surface area contributed by atoms with Crippen LogP contribution in [0.2, 0.25) is 5.28 Å². The summed E-state index contributed by atoms with van der Waals surface area (Å²) in [6, 6.07) is 26.7. The fourth-order valence-corrected chi connectivity index (χ4v) is 16.5. The van der Waals surface area contributed by atoms with E-state index in [4.69, 9.17) is 26.8 Å². The number of aromatic nitrogens is 4. The highest BCUT2D eigenvalue weighted by atomic mass is 35.5. The summed E-state index contributed by atoms with van der Waals surface area (Å²) >= 11 is 5.81. The predicted octanol–water partition coefficient (Wildman–Crippen LogP) is 13.9. The number of benzene rings is 4. The van der Waals surface area contributed by atoms with Gasteiger partial charge in [0.1, 0.15) is 11.5 Å². The third kappa shape index (κ3) is 18.0. The number of allylic oxidation sites excluding steroid dienone is 6. The summed E-state index contributed by atoms with van der Waals surface area (Å²) in [4.78, 5) is 52.5. The number of amides is 2. The number of likely N-dealkylation sites (N-methyl/N-ethyl adjacent to an activating group) is 2. The van der Waals surface area contributed by atoms with E-state index in [1.807, 2.05) is 80.6 Å². The van der Waals surface area contributed by atoms with Gasteiger partial charge in [-0.3, -0.25) is 9.59 Å². The molecular weight excluding hydrogens is 1290 g/mol. The lowest BCUT2D eigenvalue weighted by molar-refractivity contribution is -0.127. The molecule has 0 spiro atoms. The van der Waals surface area contributed by atoms with Crippen molar-refractivity contribution < 1.29 is 27.8 Å². The van der Waals surface area contributed by atoms with E-state index in [9.17, 15) is 14.0 Å². The Hall–Kier alpha value is -8.59. The van der Waals surface area contributed by atoms with Crippen LogP contribution in [0.4, 0.5) is 49.1 Å². The highest BCUT2D eigenvalue weighted by molar-refractivity contribution is 6.28. The van der Waals surface area contributed by atoms with Crippen molar-refractivity contribution in [2.24, 2.45) is 59.2 Å². The molecule has 18 nitrogen and oxygen atoms in total. The van der Waals surface area contributed by atoms with Crippen LogP contribution in [0.25, 0.3) is 0 Å². The van der Waals surface area contributed by atoms with Crippen molar-refractivity contribution in [2.75, 3.05) is 112 Å². The number of carbonyl (C=O) groups is 2. The number of anilines is 7. The smallest absolute Gasteiger partial charge is 0.229 e. The van der Waals surface area contributed by atoms with Crippen LogP contribution in [-0.2, 0) is 9.59 Å². The van der Waals surface area contributed by atoms with Gasteiger partial charge in [-0.2, -0.15) is 9.97 Å². The second kappa shape index (κ2) is 33.0. The summed E-state index contributed by atoms with van der Waals surface area (Å²) in [6.45, 7) is 16.7. The Labute approximate surface area is 600 Å². The van der Waals surface area contributed by atoms with E-state index in [-0.39, 0.29) is 88.4 Å². The summed E-state index contributed by atoms with van der Waals surface area (Å²) in [5.41, 5.74) is 14.4. The molecule has 2 saturated heterocycles. The van der Waals surface area contributed by atoms with Crippen molar-refractivity contribution in [3.63, 3.8) is 0 Å². The molecule has 21 heteroatoms. The summed E-state index contributed by atoms with van der Waals surface area (Å²) < 4.78 is 39.6. The fraction of sp³-hybridized carbons (Fsp3) is 0.475. The summed E-state index contributed by atoms with van der Waals surface area (Å²) in [6.07, 6.45) is 30.7. The van der Waals surface area contributed by atoms with Crippen LogP contribution in [-0.4, -0.2) is 134 Å². The third-order valence-corrected chi connectivity index (χ3v) is 22.4. The molecule has 8 bridgehead atoms. The van der Waals surface area contributed by atoms with E-state index in [1.165, 1.54) is 61.7 Å². The molecule has 2 aliphatic heterocycles. The number of ether oxygens (including phenoxy) is 2. The first kappa shape index (κ1) is 72.2. The molecule has 2 aromatic heterocycles. The Kier molecular flexibility index (Phi) is 23.6. The van der Waals surface area contributed by atoms with Gasteiger partial charge in [-0.05, 0) is 235 Å². The van der Waals surface area contributed by atoms with Gasteiger partial charge in [-0.15, -0.1) is 0 Å². The molecular formula is C80H101ClF2N14O4. The number of aryl methyl sites for hydroxylation is 2.